The quantitative estimate of drug-likeness (QED) is 0.498. The zero-order valence-corrected chi connectivity index (χ0v) is 16.4. The third kappa shape index (κ3) is 3.75. The number of hydrogen-bond acceptors (Lipinski definition) is 1. The van der Waals surface area contributed by atoms with Crippen molar-refractivity contribution < 1.29 is 18.0 Å². The lowest BCUT2D eigenvalue weighted by Gasteiger charge is -2.17. The normalized spacial score (nSPS) is 11.5. The van der Waals surface area contributed by atoms with Gasteiger partial charge in [-0.25, -0.2) is 0 Å². The second-order valence-electron chi connectivity index (χ2n) is 6.19. The number of benzene rings is 2. The summed E-state index contributed by atoms with van der Waals surface area (Å²) in [6.45, 7) is 3.22. The smallest absolute Gasteiger partial charge is 0.319 e. The highest BCUT2D eigenvalue weighted by atomic mass is 35.5. The monoisotopic (exact) mass is 426 g/mol. The Bertz CT molecular complexity index is 1040. The van der Waals surface area contributed by atoms with E-state index in [9.17, 15) is 18.0 Å². The Kier molecular flexibility index (Phi) is 5.46. The standard InChI is InChI=1S/C20H15Cl2F3N2O/c1-11-10-13(19(28)26-18-15(21)7-5-8-16(18)22)12(2)27(11)17-9-4-3-6-14(17)20(23,24)25/h3-10H,1-2H3,(H,26,28). The molecule has 0 radical (unpaired) electrons. The second-order valence-corrected chi connectivity index (χ2v) is 7.00. The predicted molar refractivity (Wildman–Crippen MR) is 105 cm³/mol. The van der Waals surface area contributed by atoms with Gasteiger partial charge in [-0.1, -0.05) is 41.4 Å². The summed E-state index contributed by atoms with van der Waals surface area (Å²) in [5.41, 5.74) is 0.513. The van der Waals surface area contributed by atoms with Crippen molar-refractivity contribution in [2.75, 3.05) is 5.32 Å². The van der Waals surface area contributed by atoms with Crippen LogP contribution in [0.3, 0.4) is 0 Å². The Balaban J connectivity index is 2.06. The molecule has 3 nitrogen and oxygen atoms in total. The first-order valence-corrected chi connectivity index (χ1v) is 8.97. The van der Waals surface area contributed by atoms with Crippen molar-refractivity contribution in [1.82, 2.24) is 4.57 Å². The van der Waals surface area contributed by atoms with Gasteiger partial charge in [0, 0.05) is 11.4 Å². The van der Waals surface area contributed by atoms with Gasteiger partial charge in [0.25, 0.3) is 5.91 Å². The molecule has 146 valence electrons. The summed E-state index contributed by atoms with van der Waals surface area (Å²) in [5, 5.41) is 3.16. The summed E-state index contributed by atoms with van der Waals surface area (Å²) in [4.78, 5) is 12.8. The first-order valence-electron chi connectivity index (χ1n) is 8.22. The highest BCUT2D eigenvalue weighted by Crippen LogP contribution is 2.36. The molecule has 0 fully saturated rings. The zero-order valence-electron chi connectivity index (χ0n) is 14.9. The van der Waals surface area contributed by atoms with Gasteiger partial charge in [0.15, 0.2) is 0 Å². The fourth-order valence-corrected chi connectivity index (χ4v) is 3.56. The van der Waals surface area contributed by atoms with Crippen LogP contribution in [0.1, 0.15) is 27.3 Å². The van der Waals surface area contributed by atoms with E-state index in [-0.39, 0.29) is 27.0 Å². The number of carbonyl (C=O) groups excluding carboxylic acids is 1. The molecule has 0 bridgehead atoms. The average Bonchev–Trinajstić information content (AvgIpc) is 2.92. The number of amides is 1. The highest BCUT2D eigenvalue weighted by molar-refractivity contribution is 6.40. The second kappa shape index (κ2) is 7.53. The third-order valence-electron chi connectivity index (χ3n) is 4.33. The lowest BCUT2D eigenvalue weighted by Crippen LogP contribution is -2.15. The van der Waals surface area contributed by atoms with E-state index in [0.717, 1.165) is 6.07 Å². The molecule has 28 heavy (non-hydrogen) atoms. The molecular weight excluding hydrogens is 412 g/mol. The summed E-state index contributed by atoms with van der Waals surface area (Å²) < 4.78 is 41.7. The van der Waals surface area contributed by atoms with Gasteiger partial charge in [-0.05, 0) is 44.2 Å². The molecule has 1 N–H and O–H groups in total. The van der Waals surface area contributed by atoms with E-state index in [2.05, 4.69) is 5.32 Å². The summed E-state index contributed by atoms with van der Waals surface area (Å²) >= 11 is 12.1. The Morgan fingerprint density at radius 3 is 2.21 bits per heavy atom. The number of aryl methyl sites for hydroxylation is 1. The Labute approximate surface area is 169 Å². The molecule has 0 aliphatic rings. The molecule has 3 rings (SSSR count). The number of rotatable bonds is 3. The number of anilines is 1. The number of para-hydroxylation sites is 2. The molecule has 3 aromatic rings. The van der Waals surface area contributed by atoms with Crippen molar-refractivity contribution in [3.05, 3.63) is 81.1 Å². The van der Waals surface area contributed by atoms with Crippen LogP contribution in [0.4, 0.5) is 18.9 Å². The van der Waals surface area contributed by atoms with Gasteiger partial charge in [0.05, 0.1) is 32.5 Å². The molecule has 0 aliphatic carbocycles. The summed E-state index contributed by atoms with van der Waals surface area (Å²) in [5.74, 6) is -0.515. The number of aromatic nitrogens is 1. The third-order valence-corrected chi connectivity index (χ3v) is 4.96. The number of carbonyl (C=O) groups is 1. The van der Waals surface area contributed by atoms with Gasteiger partial charge in [-0.3, -0.25) is 4.79 Å². The molecule has 0 saturated heterocycles. The number of hydrogen-bond donors (Lipinski definition) is 1. The number of alkyl halides is 3. The van der Waals surface area contributed by atoms with Crippen LogP contribution in [0.15, 0.2) is 48.5 Å². The van der Waals surface area contributed by atoms with Crippen molar-refractivity contribution in [1.29, 1.82) is 0 Å². The van der Waals surface area contributed by atoms with Crippen molar-refractivity contribution in [3.8, 4) is 5.69 Å². The number of halogens is 5. The molecule has 0 saturated carbocycles. The van der Waals surface area contributed by atoms with E-state index in [1.807, 2.05) is 0 Å². The van der Waals surface area contributed by atoms with Crippen LogP contribution in [0, 0.1) is 13.8 Å². The molecule has 0 spiro atoms. The topological polar surface area (TPSA) is 34.0 Å². The van der Waals surface area contributed by atoms with E-state index < -0.39 is 17.6 Å². The van der Waals surface area contributed by atoms with E-state index in [0.29, 0.717) is 11.4 Å². The minimum Gasteiger partial charge on any atom is -0.319 e. The van der Waals surface area contributed by atoms with Gasteiger partial charge >= 0.3 is 6.18 Å². The van der Waals surface area contributed by atoms with E-state index in [1.54, 1.807) is 32.0 Å². The maximum absolute atomic E-state index is 13.4. The van der Waals surface area contributed by atoms with Crippen LogP contribution in [-0.4, -0.2) is 10.5 Å². The maximum atomic E-state index is 13.4. The minimum absolute atomic E-state index is 0.0418. The van der Waals surface area contributed by atoms with Gasteiger partial charge in [0.2, 0.25) is 0 Å². The van der Waals surface area contributed by atoms with E-state index in [1.165, 1.54) is 28.8 Å². The van der Waals surface area contributed by atoms with Crippen LogP contribution >= 0.6 is 23.2 Å². The highest BCUT2D eigenvalue weighted by Gasteiger charge is 2.34. The molecular formula is C20H15Cl2F3N2O. The van der Waals surface area contributed by atoms with Crippen molar-refractivity contribution >= 4 is 34.8 Å². The van der Waals surface area contributed by atoms with Crippen LogP contribution in [0.25, 0.3) is 5.69 Å². The molecule has 0 aliphatic heterocycles. The van der Waals surface area contributed by atoms with Gasteiger partial charge in [0.1, 0.15) is 0 Å². The Morgan fingerprint density at radius 2 is 1.61 bits per heavy atom. The Morgan fingerprint density at radius 1 is 1.00 bits per heavy atom. The molecule has 0 atom stereocenters. The lowest BCUT2D eigenvalue weighted by atomic mass is 10.1. The molecule has 1 amide bonds. The summed E-state index contributed by atoms with van der Waals surface area (Å²) in [7, 11) is 0. The van der Waals surface area contributed by atoms with Crippen molar-refractivity contribution in [2.45, 2.75) is 20.0 Å². The molecule has 2 aromatic carbocycles. The molecule has 8 heteroatoms. The minimum atomic E-state index is -4.52. The zero-order chi connectivity index (χ0) is 20.6. The Hall–Kier alpha value is -2.44. The van der Waals surface area contributed by atoms with Gasteiger partial charge < -0.3 is 9.88 Å². The van der Waals surface area contributed by atoms with Crippen molar-refractivity contribution in [3.63, 3.8) is 0 Å². The summed E-state index contributed by atoms with van der Waals surface area (Å²) in [6.07, 6.45) is -4.52. The van der Waals surface area contributed by atoms with Crippen LogP contribution < -0.4 is 5.32 Å². The SMILES string of the molecule is Cc1cc(C(=O)Nc2c(Cl)cccc2Cl)c(C)n1-c1ccccc1C(F)(F)F. The van der Waals surface area contributed by atoms with Crippen LogP contribution in [0.2, 0.25) is 10.0 Å². The van der Waals surface area contributed by atoms with Crippen LogP contribution in [0.5, 0.6) is 0 Å². The summed E-state index contributed by atoms with van der Waals surface area (Å²) in [6, 6.07) is 11.5. The molecule has 1 heterocycles. The molecule has 0 unspecified atom stereocenters. The maximum Gasteiger partial charge on any atom is 0.418 e. The first kappa shape index (κ1) is 20.3. The number of nitrogens with one attached hydrogen (secondary N) is 1. The van der Waals surface area contributed by atoms with Crippen LogP contribution in [-0.2, 0) is 6.18 Å². The van der Waals surface area contributed by atoms with Gasteiger partial charge in [-0.15, -0.1) is 0 Å². The predicted octanol–water partition coefficient (Wildman–Crippen LogP) is 6.67. The van der Waals surface area contributed by atoms with E-state index >= 15 is 0 Å². The van der Waals surface area contributed by atoms with Crippen molar-refractivity contribution in [2.24, 2.45) is 0 Å². The van der Waals surface area contributed by atoms with Gasteiger partial charge in [-0.2, -0.15) is 13.2 Å². The van der Waals surface area contributed by atoms with E-state index in [4.69, 9.17) is 23.2 Å². The molecule has 1 aromatic heterocycles. The first-order chi connectivity index (χ1) is 13.1. The lowest BCUT2D eigenvalue weighted by molar-refractivity contribution is -0.137. The fraction of sp³-hybridized carbons (Fsp3) is 0.150. The average molecular weight is 427 g/mol. The largest absolute Gasteiger partial charge is 0.418 e. The number of nitrogens with zero attached hydrogens (tertiary/aromatic N) is 1. The fourth-order valence-electron chi connectivity index (χ4n) is 3.07.